The van der Waals surface area contributed by atoms with E-state index < -0.39 is 5.82 Å². The molecule has 1 aliphatic heterocycles. The number of nitrogens with zero attached hydrogens (tertiary/aromatic N) is 3. The van der Waals surface area contributed by atoms with Crippen molar-refractivity contribution in [3.63, 3.8) is 0 Å². The van der Waals surface area contributed by atoms with Crippen molar-refractivity contribution in [3.05, 3.63) is 59.7 Å². The van der Waals surface area contributed by atoms with Crippen LogP contribution < -0.4 is 15.4 Å². The first-order chi connectivity index (χ1) is 16.9. The fraction of sp³-hybridized carbons (Fsp3) is 0.320. The molecule has 0 aliphatic carbocycles. The molecule has 35 heavy (non-hydrogen) atoms. The number of ether oxygens (including phenoxy) is 2. The molecular weight excluding hydrogens is 473 g/mol. The highest BCUT2D eigenvalue weighted by atomic mass is 35.5. The van der Waals surface area contributed by atoms with Gasteiger partial charge < -0.3 is 25.0 Å². The molecule has 184 valence electrons. The summed E-state index contributed by atoms with van der Waals surface area (Å²) in [7, 11) is 3.84. The van der Waals surface area contributed by atoms with Crippen molar-refractivity contribution in [1.82, 2.24) is 14.9 Å². The Labute approximate surface area is 208 Å². The Kier molecular flexibility index (Phi) is 8.12. The predicted octanol–water partition coefficient (Wildman–Crippen LogP) is 4.78. The molecule has 1 fully saturated rings. The molecule has 8 nitrogen and oxygen atoms in total. The van der Waals surface area contributed by atoms with Gasteiger partial charge in [-0.05, 0) is 51.2 Å². The Morgan fingerprint density at radius 3 is 2.91 bits per heavy atom. The van der Waals surface area contributed by atoms with Gasteiger partial charge in [-0.25, -0.2) is 14.4 Å². The van der Waals surface area contributed by atoms with Crippen LogP contribution in [-0.2, 0) is 9.53 Å². The second-order valence-corrected chi connectivity index (χ2v) is 8.85. The van der Waals surface area contributed by atoms with Gasteiger partial charge in [-0.3, -0.25) is 4.79 Å². The minimum atomic E-state index is -0.509. The highest BCUT2D eigenvalue weighted by molar-refractivity contribution is 6.31. The molecule has 1 aromatic heterocycles. The summed E-state index contributed by atoms with van der Waals surface area (Å²) < 4.78 is 25.3. The quantitative estimate of drug-likeness (QED) is 0.409. The monoisotopic (exact) mass is 499 g/mol. The average molecular weight is 500 g/mol. The highest BCUT2D eigenvalue weighted by Gasteiger charge is 2.19. The zero-order valence-electron chi connectivity index (χ0n) is 19.6. The summed E-state index contributed by atoms with van der Waals surface area (Å²) >= 11 is 5.92. The van der Waals surface area contributed by atoms with Gasteiger partial charge in [-0.15, -0.1) is 0 Å². The highest BCUT2D eigenvalue weighted by Crippen LogP contribution is 2.34. The Bertz CT molecular complexity index is 1230. The van der Waals surface area contributed by atoms with E-state index in [-0.39, 0.29) is 17.0 Å². The summed E-state index contributed by atoms with van der Waals surface area (Å²) in [5, 5.41) is 6.68. The molecule has 2 heterocycles. The zero-order valence-corrected chi connectivity index (χ0v) is 20.3. The lowest BCUT2D eigenvalue weighted by molar-refractivity contribution is -0.111. The lowest BCUT2D eigenvalue weighted by atomic mass is 10.1. The molecule has 10 heteroatoms. The van der Waals surface area contributed by atoms with Crippen LogP contribution in [0.4, 0.5) is 21.6 Å². The maximum atomic E-state index is 13.6. The van der Waals surface area contributed by atoms with Gasteiger partial charge in [0, 0.05) is 36.4 Å². The third kappa shape index (κ3) is 6.66. The maximum Gasteiger partial charge on any atom is 0.248 e. The van der Waals surface area contributed by atoms with Crippen LogP contribution in [0.2, 0.25) is 5.02 Å². The minimum absolute atomic E-state index is 0.00403. The number of carbonyl (C=O) groups is 1. The van der Waals surface area contributed by atoms with Crippen LogP contribution in [0, 0.1) is 5.82 Å². The Balaban J connectivity index is 1.65. The van der Waals surface area contributed by atoms with E-state index in [0.717, 1.165) is 19.4 Å². The topological polar surface area (TPSA) is 88.6 Å². The molecule has 4 rings (SSSR count). The van der Waals surface area contributed by atoms with Gasteiger partial charge in [0.25, 0.3) is 0 Å². The van der Waals surface area contributed by atoms with Gasteiger partial charge in [0.05, 0.1) is 22.3 Å². The first kappa shape index (κ1) is 24.8. The van der Waals surface area contributed by atoms with E-state index in [2.05, 4.69) is 20.6 Å². The van der Waals surface area contributed by atoms with E-state index in [9.17, 15) is 9.18 Å². The van der Waals surface area contributed by atoms with Crippen LogP contribution in [0.3, 0.4) is 0 Å². The lowest BCUT2D eigenvalue weighted by Crippen LogP contribution is -2.18. The fourth-order valence-electron chi connectivity index (χ4n) is 3.61. The summed E-state index contributed by atoms with van der Waals surface area (Å²) in [5.74, 6) is 0.161. The number of amides is 1. The van der Waals surface area contributed by atoms with Crippen LogP contribution in [-0.4, -0.2) is 60.7 Å². The molecule has 1 unspecified atom stereocenters. The zero-order chi connectivity index (χ0) is 24.8. The normalized spacial score (nSPS) is 15.7. The van der Waals surface area contributed by atoms with Crippen molar-refractivity contribution in [3.8, 4) is 5.75 Å². The van der Waals surface area contributed by atoms with Gasteiger partial charge in [0.15, 0.2) is 0 Å². The summed E-state index contributed by atoms with van der Waals surface area (Å²) in [6.45, 7) is 1.73. The SMILES string of the molecule is CN(C)C/C=C/C(=O)Nc1cc2c(Nc3ccc(F)c(Cl)c3)ncnc2cc1OCC1CCCO1. The Morgan fingerprint density at radius 1 is 1.31 bits per heavy atom. The average Bonchev–Trinajstić information content (AvgIpc) is 3.34. The summed E-state index contributed by atoms with van der Waals surface area (Å²) in [6, 6.07) is 7.82. The molecule has 1 saturated heterocycles. The number of aromatic nitrogens is 2. The number of hydrogen-bond acceptors (Lipinski definition) is 7. The number of hydrogen-bond donors (Lipinski definition) is 2. The molecule has 2 N–H and O–H groups in total. The molecule has 0 saturated carbocycles. The Hall–Kier alpha value is -3.27. The van der Waals surface area contributed by atoms with Crippen molar-refractivity contribution >= 4 is 45.6 Å². The smallest absolute Gasteiger partial charge is 0.248 e. The molecule has 0 spiro atoms. The molecule has 1 atom stereocenters. The van der Waals surface area contributed by atoms with Crippen LogP contribution >= 0.6 is 11.6 Å². The van der Waals surface area contributed by atoms with Crippen LogP contribution in [0.15, 0.2) is 48.8 Å². The number of benzene rings is 2. The summed E-state index contributed by atoms with van der Waals surface area (Å²) in [5.41, 5.74) is 1.65. The van der Waals surface area contributed by atoms with Crippen LogP contribution in [0.1, 0.15) is 12.8 Å². The van der Waals surface area contributed by atoms with Gasteiger partial charge in [0.1, 0.15) is 30.3 Å². The Morgan fingerprint density at radius 2 is 2.17 bits per heavy atom. The second-order valence-electron chi connectivity index (χ2n) is 8.44. The molecule has 1 amide bonds. The van der Waals surface area contributed by atoms with Gasteiger partial charge in [-0.2, -0.15) is 0 Å². The minimum Gasteiger partial charge on any atom is -0.489 e. The number of anilines is 3. The van der Waals surface area contributed by atoms with Crippen molar-refractivity contribution < 1.29 is 18.7 Å². The molecule has 1 aliphatic rings. The maximum absolute atomic E-state index is 13.6. The summed E-state index contributed by atoms with van der Waals surface area (Å²) in [4.78, 5) is 23.2. The summed E-state index contributed by atoms with van der Waals surface area (Å²) in [6.07, 6.45) is 6.62. The van der Waals surface area contributed by atoms with Crippen molar-refractivity contribution in [2.45, 2.75) is 18.9 Å². The number of nitrogens with one attached hydrogen (secondary N) is 2. The predicted molar refractivity (Wildman–Crippen MR) is 135 cm³/mol. The second kappa shape index (κ2) is 11.4. The number of rotatable bonds is 9. The van der Waals surface area contributed by atoms with E-state index in [1.807, 2.05) is 19.0 Å². The molecule has 3 aromatic rings. The first-order valence-electron chi connectivity index (χ1n) is 11.3. The fourth-order valence-corrected chi connectivity index (χ4v) is 3.80. The first-order valence-corrected chi connectivity index (χ1v) is 11.6. The van der Waals surface area contributed by atoms with Crippen LogP contribution in [0.25, 0.3) is 10.9 Å². The molecular formula is C25H27ClFN5O3. The van der Waals surface area contributed by atoms with Gasteiger partial charge >= 0.3 is 0 Å². The van der Waals surface area contributed by atoms with E-state index in [0.29, 0.717) is 47.0 Å². The van der Waals surface area contributed by atoms with Gasteiger partial charge in [0.2, 0.25) is 5.91 Å². The molecule has 0 radical (unpaired) electrons. The van der Waals surface area contributed by atoms with E-state index in [1.54, 1.807) is 24.3 Å². The number of carbonyl (C=O) groups excluding carboxylic acids is 1. The van der Waals surface area contributed by atoms with Crippen LogP contribution in [0.5, 0.6) is 5.75 Å². The van der Waals surface area contributed by atoms with Crippen molar-refractivity contribution in [1.29, 1.82) is 0 Å². The van der Waals surface area contributed by atoms with Crippen molar-refractivity contribution in [2.75, 3.05) is 44.5 Å². The number of fused-ring (bicyclic) bond motifs is 1. The third-order valence-corrected chi connectivity index (χ3v) is 5.66. The molecule has 0 bridgehead atoms. The van der Waals surface area contributed by atoms with E-state index in [4.69, 9.17) is 21.1 Å². The van der Waals surface area contributed by atoms with Gasteiger partial charge in [-0.1, -0.05) is 17.7 Å². The largest absolute Gasteiger partial charge is 0.489 e. The van der Waals surface area contributed by atoms with Crippen molar-refractivity contribution in [2.24, 2.45) is 0 Å². The number of likely N-dealkylation sites (N-methyl/N-ethyl adjacent to an activating group) is 1. The van der Waals surface area contributed by atoms with E-state index in [1.165, 1.54) is 24.5 Å². The van der Waals surface area contributed by atoms with E-state index >= 15 is 0 Å². The lowest BCUT2D eigenvalue weighted by Gasteiger charge is -2.17. The third-order valence-electron chi connectivity index (χ3n) is 5.37. The standard InChI is InChI=1S/C25H27ClFN5O3/c1-32(2)9-3-6-24(33)31-22-12-18-21(13-23(22)35-14-17-5-4-10-34-17)28-15-29-25(18)30-16-7-8-20(27)19(26)11-16/h3,6-8,11-13,15,17H,4-5,9-10,14H2,1-2H3,(H,31,33)(H,28,29,30)/b6-3+. The molecule has 2 aromatic carbocycles. The number of halogens is 2.